The van der Waals surface area contributed by atoms with E-state index < -0.39 is 28.7 Å². The molecule has 1 aromatic rings. The minimum absolute atomic E-state index is 0.0969. The fraction of sp³-hybridized carbons (Fsp3) is 0.412. The molecule has 1 atom stereocenters. The van der Waals surface area contributed by atoms with Crippen molar-refractivity contribution in [3.63, 3.8) is 0 Å². The maximum absolute atomic E-state index is 12.5. The summed E-state index contributed by atoms with van der Waals surface area (Å²) in [5.74, 6) is -1.77. The smallest absolute Gasteiger partial charge is 0.308 e. The molecule has 0 saturated carbocycles. The number of hydrogen-bond acceptors (Lipinski definition) is 7. The highest BCUT2D eigenvalue weighted by Crippen LogP contribution is 2.18. The third-order valence-electron chi connectivity index (χ3n) is 3.88. The van der Waals surface area contributed by atoms with Gasteiger partial charge in [0, 0.05) is 19.2 Å². The Hall–Kier alpha value is -3.08. The topological polar surface area (TPSA) is 131 Å². The molecule has 150 valence electrons. The summed E-state index contributed by atoms with van der Waals surface area (Å²) in [5, 5.41) is 16.0. The molecule has 1 unspecified atom stereocenters. The molecule has 1 aliphatic heterocycles. The summed E-state index contributed by atoms with van der Waals surface area (Å²) in [4.78, 5) is 48.5. The van der Waals surface area contributed by atoms with Gasteiger partial charge in [0.25, 0.3) is 11.6 Å². The molecule has 1 aromatic carbocycles. The normalized spacial score (nSPS) is 16.3. The molecule has 0 spiro atoms. The van der Waals surface area contributed by atoms with E-state index in [4.69, 9.17) is 17.0 Å². The van der Waals surface area contributed by atoms with Crippen LogP contribution in [0.3, 0.4) is 0 Å². The number of nitrogens with one attached hydrogen (secondary N) is 2. The zero-order valence-electron chi connectivity index (χ0n) is 15.3. The molecule has 0 bridgehead atoms. The summed E-state index contributed by atoms with van der Waals surface area (Å²) in [7, 11) is 0. The maximum atomic E-state index is 12.5. The van der Waals surface area contributed by atoms with Crippen LogP contribution in [0.25, 0.3) is 0 Å². The number of piperazine rings is 1. The van der Waals surface area contributed by atoms with Crippen LogP contribution in [0.15, 0.2) is 24.3 Å². The number of carbonyl (C=O) groups is 3. The monoisotopic (exact) mass is 408 g/mol. The molecular formula is C17H20N4O6S. The van der Waals surface area contributed by atoms with E-state index in [1.807, 2.05) is 0 Å². The van der Waals surface area contributed by atoms with Gasteiger partial charge in [0.2, 0.25) is 5.91 Å². The first-order valence-corrected chi connectivity index (χ1v) is 8.94. The Morgan fingerprint density at radius 1 is 1.43 bits per heavy atom. The summed E-state index contributed by atoms with van der Waals surface area (Å²) in [6, 6.07) is 4.49. The summed E-state index contributed by atoms with van der Waals surface area (Å²) in [6.45, 7) is 3.92. The largest absolute Gasteiger partial charge is 0.463 e. The molecule has 0 aliphatic carbocycles. The highest BCUT2D eigenvalue weighted by molar-refractivity contribution is 7.80. The predicted octanol–water partition coefficient (Wildman–Crippen LogP) is 0.752. The molecule has 1 heterocycles. The van der Waals surface area contributed by atoms with Crippen LogP contribution in [-0.2, 0) is 14.3 Å². The van der Waals surface area contributed by atoms with Crippen LogP contribution in [0.1, 0.15) is 30.6 Å². The molecule has 1 aliphatic rings. The van der Waals surface area contributed by atoms with E-state index in [9.17, 15) is 24.5 Å². The Morgan fingerprint density at radius 3 is 2.75 bits per heavy atom. The van der Waals surface area contributed by atoms with E-state index in [2.05, 4.69) is 10.6 Å². The molecule has 2 N–H and O–H groups in total. The molecule has 11 heteroatoms. The van der Waals surface area contributed by atoms with Gasteiger partial charge in [0.05, 0.1) is 17.4 Å². The molecule has 2 rings (SSSR count). The Morgan fingerprint density at radius 2 is 2.11 bits per heavy atom. The van der Waals surface area contributed by atoms with E-state index in [0.717, 1.165) is 0 Å². The second-order valence-corrected chi connectivity index (χ2v) is 6.66. The van der Waals surface area contributed by atoms with Crippen LogP contribution < -0.4 is 10.6 Å². The SMILES string of the molecule is CC(C)OC(=O)CC1C(=O)NCCN1C(=S)NC(=O)c1ccccc1[N+](=O)[O-]. The van der Waals surface area contributed by atoms with Crippen molar-refractivity contribution in [1.82, 2.24) is 15.5 Å². The number of nitro benzene ring substituents is 1. The summed E-state index contributed by atoms with van der Waals surface area (Å²) >= 11 is 5.22. The first kappa shape index (κ1) is 21.2. The second-order valence-electron chi connectivity index (χ2n) is 6.28. The minimum atomic E-state index is -0.946. The van der Waals surface area contributed by atoms with Crippen LogP contribution in [0.2, 0.25) is 0 Å². The standard InChI is InChI=1S/C17H20N4O6S/c1-10(2)27-14(22)9-13-16(24)18-7-8-20(13)17(28)19-15(23)11-5-3-4-6-12(11)21(25)26/h3-6,10,13H,7-9H2,1-2H3,(H,18,24)(H,19,23,28). The number of esters is 1. The molecule has 10 nitrogen and oxygen atoms in total. The van der Waals surface area contributed by atoms with Gasteiger partial charge in [-0.1, -0.05) is 12.1 Å². The number of para-hydroxylation sites is 1. The fourth-order valence-corrected chi connectivity index (χ4v) is 3.00. The highest BCUT2D eigenvalue weighted by Gasteiger charge is 2.34. The molecular weight excluding hydrogens is 388 g/mol. The average Bonchev–Trinajstić information content (AvgIpc) is 2.62. The van der Waals surface area contributed by atoms with Crippen LogP contribution in [0.5, 0.6) is 0 Å². The minimum Gasteiger partial charge on any atom is -0.463 e. The van der Waals surface area contributed by atoms with Crippen molar-refractivity contribution in [2.45, 2.75) is 32.4 Å². The van der Waals surface area contributed by atoms with Gasteiger partial charge in [0.1, 0.15) is 11.6 Å². The lowest BCUT2D eigenvalue weighted by Crippen LogP contribution is -2.60. The number of benzene rings is 1. The van der Waals surface area contributed by atoms with Crippen molar-refractivity contribution in [2.75, 3.05) is 13.1 Å². The lowest BCUT2D eigenvalue weighted by molar-refractivity contribution is -0.385. The third-order valence-corrected chi connectivity index (χ3v) is 4.22. The van der Waals surface area contributed by atoms with Crippen LogP contribution in [0.4, 0.5) is 5.69 Å². The van der Waals surface area contributed by atoms with Gasteiger partial charge in [-0.25, -0.2) is 0 Å². The van der Waals surface area contributed by atoms with Crippen LogP contribution >= 0.6 is 12.2 Å². The number of ether oxygens (including phenoxy) is 1. The predicted molar refractivity (Wildman–Crippen MR) is 103 cm³/mol. The van der Waals surface area contributed by atoms with Crippen LogP contribution in [0, 0.1) is 10.1 Å². The van der Waals surface area contributed by atoms with Crippen molar-refractivity contribution in [3.8, 4) is 0 Å². The Kier molecular flexibility index (Phi) is 6.99. The van der Waals surface area contributed by atoms with Gasteiger partial charge >= 0.3 is 5.97 Å². The number of carbonyl (C=O) groups excluding carboxylic acids is 3. The van der Waals surface area contributed by atoms with Gasteiger partial charge in [0.15, 0.2) is 5.11 Å². The van der Waals surface area contributed by atoms with E-state index in [1.54, 1.807) is 13.8 Å². The molecule has 1 fully saturated rings. The molecule has 0 radical (unpaired) electrons. The van der Waals surface area contributed by atoms with E-state index >= 15 is 0 Å². The Balaban J connectivity index is 2.14. The molecule has 0 aromatic heterocycles. The van der Waals surface area contributed by atoms with Gasteiger partial charge in [-0.05, 0) is 32.1 Å². The van der Waals surface area contributed by atoms with Crippen molar-refractivity contribution < 1.29 is 24.0 Å². The van der Waals surface area contributed by atoms with Crippen molar-refractivity contribution in [2.24, 2.45) is 0 Å². The number of nitrogens with zero attached hydrogens (tertiary/aromatic N) is 2. The number of rotatable bonds is 5. The number of hydrogen-bond donors (Lipinski definition) is 2. The van der Waals surface area contributed by atoms with Gasteiger partial charge in [-0.15, -0.1) is 0 Å². The zero-order chi connectivity index (χ0) is 20.8. The average molecular weight is 408 g/mol. The Bertz CT molecular complexity index is 813. The quantitative estimate of drug-likeness (QED) is 0.316. The molecule has 28 heavy (non-hydrogen) atoms. The van der Waals surface area contributed by atoms with Crippen molar-refractivity contribution in [1.29, 1.82) is 0 Å². The third kappa shape index (κ3) is 5.22. The lowest BCUT2D eigenvalue weighted by Gasteiger charge is -2.36. The first-order chi connectivity index (χ1) is 13.2. The van der Waals surface area contributed by atoms with E-state index in [-0.39, 0.29) is 42.0 Å². The van der Waals surface area contributed by atoms with Gasteiger partial charge in [-0.2, -0.15) is 0 Å². The van der Waals surface area contributed by atoms with E-state index in [0.29, 0.717) is 0 Å². The first-order valence-electron chi connectivity index (χ1n) is 8.53. The van der Waals surface area contributed by atoms with Gasteiger partial charge in [-0.3, -0.25) is 29.8 Å². The van der Waals surface area contributed by atoms with E-state index in [1.165, 1.54) is 29.2 Å². The molecule has 1 saturated heterocycles. The second kappa shape index (κ2) is 9.22. The van der Waals surface area contributed by atoms with Crippen molar-refractivity contribution in [3.05, 3.63) is 39.9 Å². The highest BCUT2D eigenvalue weighted by atomic mass is 32.1. The van der Waals surface area contributed by atoms with Crippen LogP contribution in [-0.4, -0.2) is 58.0 Å². The summed E-state index contributed by atoms with van der Waals surface area (Å²) in [5.41, 5.74) is -0.525. The number of amides is 2. The maximum Gasteiger partial charge on any atom is 0.308 e. The number of nitro groups is 1. The summed E-state index contributed by atoms with van der Waals surface area (Å²) in [6.07, 6.45) is -0.580. The fourth-order valence-electron chi connectivity index (χ4n) is 2.69. The number of thiocarbonyl (C=S) groups is 1. The lowest BCUT2D eigenvalue weighted by atomic mass is 10.1. The molecule has 2 amide bonds. The van der Waals surface area contributed by atoms with Crippen molar-refractivity contribution >= 4 is 40.8 Å². The summed E-state index contributed by atoms with van der Waals surface area (Å²) < 4.78 is 5.07. The van der Waals surface area contributed by atoms with Gasteiger partial charge < -0.3 is 15.0 Å². The zero-order valence-corrected chi connectivity index (χ0v) is 16.2. The Labute approximate surface area is 166 Å².